The monoisotopic (exact) mass is 342 g/mol. The smallest absolute Gasteiger partial charge is 0.159 e. The van der Waals surface area contributed by atoms with E-state index in [4.69, 9.17) is 4.74 Å². The van der Waals surface area contributed by atoms with Crippen molar-refractivity contribution in [3.63, 3.8) is 0 Å². The van der Waals surface area contributed by atoms with Crippen molar-refractivity contribution in [3.8, 4) is 5.75 Å². The number of rotatable bonds is 4. The molecule has 0 aliphatic carbocycles. The Hall–Kier alpha value is -1.46. The second kappa shape index (κ2) is 6.33. The van der Waals surface area contributed by atoms with Crippen LogP contribution in [-0.4, -0.2) is 12.2 Å². The van der Waals surface area contributed by atoms with Crippen LogP contribution in [-0.2, 0) is 6.42 Å². The molecule has 0 amide bonds. The van der Waals surface area contributed by atoms with Gasteiger partial charge < -0.3 is 9.84 Å². The van der Waals surface area contributed by atoms with E-state index in [0.717, 1.165) is 16.6 Å². The Labute approximate surface area is 124 Å². The largest absolute Gasteiger partial charge is 0.497 e. The van der Waals surface area contributed by atoms with E-state index in [0.29, 0.717) is 16.9 Å². The van der Waals surface area contributed by atoms with Gasteiger partial charge in [-0.3, -0.25) is 0 Å². The van der Waals surface area contributed by atoms with E-state index >= 15 is 0 Å². The summed E-state index contributed by atoms with van der Waals surface area (Å²) in [6.07, 6.45) is -0.660. The van der Waals surface area contributed by atoms with Gasteiger partial charge >= 0.3 is 0 Å². The number of benzene rings is 2. The first-order chi connectivity index (χ1) is 9.51. The molecule has 0 spiro atoms. The maximum absolute atomic E-state index is 13.1. The van der Waals surface area contributed by atoms with Crippen molar-refractivity contribution in [2.75, 3.05) is 7.11 Å². The number of aliphatic hydroxyl groups is 1. The Kier molecular flexibility index (Phi) is 4.73. The second-order valence-corrected chi connectivity index (χ2v) is 5.21. The van der Waals surface area contributed by atoms with Crippen LogP contribution in [0, 0.1) is 11.6 Å². The van der Waals surface area contributed by atoms with Crippen LogP contribution in [0.3, 0.4) is 0 Å². The molecule has 2 aromatic rings. The molecule has 0 bridgehead atoms. The average Bonchev–Trinajstić information content (AvgIpc) is 2.43. The summed E-state index contributed by atoms with van der Waals surface area (Å²) in [5.41, 5.74) is 1.15. The third-order valence-electron chi connectivity index (χ3n) is 2.98. The molecule has 0 fully saturated rings. The summed E-state index contributed by atoms with van der Waals surface area (Å²) < 4.78 is 31.8. The van der Waals surface area contributed by atoms with Crippen LogP contribution in [0.1, 0.15) is 17.2 Å². The van der Waals surface area contributed by atoms with Gasteiger partial charge in [0, 0.05) is 10.9 Å². The lowest BCUT2D eigenvalue weighted by atomic mass is 10.0. The van der Waals surface area contributed by atoms with Crippen LogP contribution in [0.25, 0.3) is 0 Å². The lowest BCUT2D eigenvalue weighted by Crippen LogP contribution is -2.04. The molecule has 0 aromatic heterocycles. The zero-order valence-electron chi connectivity index (χ0n) is 10.7. The van der Waals surface area contributed by atoms with Gasteiger partial charge in [0.05, 0.1) is 13.2 Å². The maximum Gasteiger partial charge on any atom is 0.159 e. The molecule has 20 heavy (non-hydrogen) atoms. The molecule has 5 heteroatoms. The molecule has 0 saturated carbocycles. The highest BCUT2D eigenvalue weighted by molar-refractivity contribution is 9.10. The van der Waals surface area contributed by atoms with Crippen molar-refractivity contribution in [1.29, 1.82) is 0 Å². The Morgan fingerprint density at radius 1 is 1.15 bits per heavy atom. The minimum absolute atomic E-state index is 0.183. The fourth-order valence-corrected chi connectivity index (χ4v) is 2.41. The highest BCUT2D eigenvalue weighted by atomic mass is 79.9. The van der Waals surface area contributed by atoms with E-state index in [-0.39, 0.29) is 6.42 Å². The summed E-state index contributed by atoms with van der Waals surface area (Å²) in [5, 5.41) is 10.2. The first-order valence-electron chi connectivity index (χ1n) is 5.96. The van der Waals surface area contributed by atoms with Gasteiger partial charge in [0.2, 0.25) is 0 Å². The van der Waals surface area contributed by atoms with E-state index in [1.807, 2.05) is 0 Å². The Morgan fingerprint density at radius 3 is 2.55 bits per heavy atom. The van der Waals surface area contributed by atoms with Crippen molar-refractivity contribution >= 4 is 15.9 Å². The first-order valence-corrected chi connectivity index (χ1v) is 6.76. The standard InChI is InChI=1S/C15H13BrF2O2/c1-20-10-3-4-12(16)11(8-10)15(19)7-9-2-5-13(17)14(18)6-9/h2-6,8,15,19H,7H2,1H3. The number of methoxy groups -OCH3 is 1. The van der Waals surface area contributed by atoms with Gasteiger partial charge in [0.1, 0.15) is 5.75 Å². The fraction of sp³-hybridized carbons (Fsp3) is 0.200. The van der Waals surface area contributed by atoms with E-state index in [1.54, 1.807) is 18.2 Å². The highest BCUT2D eigenvalue weighted by Gasteiger charge is 2.14. The minimum atomic E-state index is -0.917. The van der Waals surface area contributed by atoms with Crippen molar-refractivity contribution in [3.05, 3.63) is 63.6 Å². The molecular weight excluding hydrogens is 330 g/mol. The van der Waals surface area contributed by atoms with Crippen LogP contribution in [0.2, 0.25) is 0 Å². The zero-order valence-corrected chi connectivity index (χ0v) is 12.3. The topological polar surface area (TPSA) is 29.5 Å². The molecule has 2 rings (SSSR count). The van der Waals surface area contributed by atoms with Crippen LogP contribution in [0.5, 0.6) is 5.75 Å². The van der Waals surface area contributed by atoms with Crippen molar-refractivity contribution < 1.29 is 18.6 Å². The molecule has 1 unspecified atom stereocenters. The van der Waals surface area contributed by atoms with E-state index in [1.165, 1.54) is 13.2 Å². The fourth-order valence-electron chi connectivity index (χ4n) is 1.90. The Bertz CT molecular complexity index is 617. The normalized spacial score (nSPS) is 12.2. The van der Waals surface area contributed by atoms with E-state index < -0.39 is 17.7 Å². The van der Waals surface area contributed by atoms with Gasteiger partial charge in [0.15, 0.2) is 11.6 Å². The van der Waals surface area contributed by atoms with Gasteiger partial charge in [-0.15, -0.1) is 0 Å². The summed E-state index contributed by atoms with van der Waals surface area (Å²) in [4.78, 5) is 0. The lowest BCUT2D eigenvalue weighted by Gasteiger charge is -2.14. The molecule has 2 nitrogen and oxygen atoms in total. The molecule has 106 valence electrons. The number of ether oxygens (including phenoxy) is 1. The Morgan fingerprint density at radius 2 is 1.90 bits per heavy atom. The van der Waals surface area contributed by atoms with Crippen molar-refractivity contribution in [2.24, 2.45) is 0 Å². The van der Waals surface area contributed by atoms with Crippen LogP contribution in [0.4, 0.5) is 8.78 Å². The predicted molar refractivity (Wildman–Crippen MR) is 75.7 cm³/mol. The van der Waals surface area contributed by atoms with Crippen molar-refractivity contribution in [1.82, 2.24) is 0 Å². The maximum atomic E-state index is 13.1. The van der Waals surface area contributed by atoms with E-state index in [9.17, 15) is 13.9 Å². The molecule has 1 N–H and O–H groups in total. The summed E-state index contributed by atoms with van der Waals surface area (Å²) in [6.45, 7) is 0. The molecule has 0 aliphatic rings. The number of aliphatic hydroxyl groups excluding tert-OH is 1. The predicted octanol–water partition coefficient (Wildman–Crippen LogP) is 4.01. The van der Waals surface area contributed by atoms with Crippen LogP contribution in [0.15, 0.2) is 40.9 Å². The first kappa shape index (κ1) is 14.9. The molecule has 0 saturated heterocycles. The van der Waals surface area contributed by atoms with Gasteiger partial charge in [-0.05, 0) is 41.5 Å². The zero-order chi connectivity index (χ0) is 14.7. The summed E-state index contributed by atoms with van der Waals surface area (Å²) in [7, 11) is 1.54. The lowest BCUT2D eigenvalue weighted by molar-refractivity contribution is 0.177. The molecular formula is C15H13BrF2O2. The van der Waals surface area contributed by atoms with E-state index in [2.05, 4.69) is 15.9 Å². The third kappa shape index (κ3) is 3.35. The SMILES string of the molecule is COc1ccc(Br)c(C(O)Cc2ccc(F)c(F)c2)c1. The number of halogens is 3. The molecule has 0 heterocycles. The van der Waals surface area contributed by atoms with Gasteiger partial charge in [-0.1, -0.05) is 22.0 Å². The van der Waals surface area contributed by atoms with Crippen LogP contribution < -0.4 is 4.74 Å². The van der Waals surface area contributed by atoms with Gasteiger partial charge in [-0.2, -0.15) is 0 Å². The molecule has 0 aliphatic heterocycles. The summed E-state index contributed by atoms with van der Waals surface area (Å²) in [5.74, 6) is -1.20. The van der Waals surface area contributed by atoms with Gasteiger partial charge in [0.25, 0.3) is 0 Å². The molecule has 1 atom stereocenters. The summed E-state index contributed by atoms with van der Waals surface area (Å²) >= 11 is 3.35. The second-order valence-electron chi connectivity index (χ2n) is 4.36. The summed E-state index contributed by atoms with van der Waals surface area (Å²) in [6, 6.07) is 8.83. The van der Waals surface area contributed by atoms with Gasteiger partial charge in [-0.25, -0.2) is 8.78 Å². The molecule has 0 radical (unpaired) electrons. The van der Waals surface area contributed by atoms with Crippen molar-refractivity contribution in [2.45, 2.75) is 12.5 Å². The average molecular weight is 343 g/mol. The van der Waals surface area contributed by atoms with Crippen LogP contribution >= 0.6 is 15.9 Å². The highest BCUT2D eigenvalue weighted by Crippen LogP contribution is 2.29. The minimum Gasteiger partial charge on any atom is -0.497 e. The number of hydrogen-bond donors (Lipinski definition) is 1. The number of hydrogen-bond acceptors (Lipinski definition) is 2. The Balaban J connectivity index is 2.23. The molecule has 2 aromatic carbocycles. The third-order valence-corrected chi connectivity index (χ3v) is 3.70. The quantitative estimate of drug-likeness (QED) is 0.909.